The number of nitrogens with zero attached hydrogens (tertiary/aromatic N) is 1. The normalized spacial score (nSPS) is 21.7. The van der Waals surface area contributed by atoms with Crippen LogP contribution in [0.5, 0.6) is 0 Å². The summed E-state index contributed by atoms with van der Waals surface area (Å²) in [5.74, 6) is 0.0649. The van der Waals surface area contributed by atoms with Gasteiger partial charge in [0.25, 0.3) is 5.91 Å². The van der Waals surface area contributed by atoms with Gasteiger partial charge in [0, 0.05) is 6.54 Å². The van der Waals surface area contributed by atoms with Crippen LogP contribution in [0.4, 0.5) is 4.79 Å². The summed E-state index contributed by atoms with van der Waals surface area (Å²) in [5.41, 5.74) is -0.175. The Bertz CT molecular complexity index is 754. The van der Waals surface area contributed by atoms with Crippen LogP contribution in [0.2, 0.25) is 0 Å². The van der Waals surface area contributed by atoms with Crippen molar-refractivity contribution in [3.8, 4) is 0 Å². The molecule has 0 aliphatic carbocycles. The minimum Gasteiger partial charge on any atom is -0.319 e. The fourth-order valence-electron chi connectivity index (χ4n) is 2.92. The summed E-state index contributed by atoms with van der Waals surface area (Å²) in [5, 5.41) is 5.03. The molecule has 1 N–H and O–H groups in total. The molecule has 1 heterocycles. The largest absolute Gasteiger partial charge is 0.325 e. The molecule has 1 aliphatic rings. The minimum absolute atomic E-state index is 0.179. The second kappa shape index (κ2) is 5.13. The number of imide groups is 1. The average molecular weight is 296 g/mol. The quantitative estimate of drug-likeness (QED) is 0.884. The van der Waals surface area contributed by atoms with Crippen LogP contribution < -0.4 is 5.32 Å². The summed E-state index contributed by atoms with van der Waals surface area (Å²) in [6, 6.07) is 13.6. The average Bonchev–Trinajstić information content (AvgIpc) is 2.71. The predicted octanol–water partition coefficient (Wildman–Crippen LogP) is 3.26. The zero-order valence-corrected chi connectivity index (χ0v) is 13.1. The standard InChI is InChI=1S/C18H20N2O2/c1-12(2)11-20-16(21)18(3,19-17(20)22)15-9-8-13-6-4-5-7-14(13)10-15/h4-10,12H,11H2,1-3H3,(H,19,22)/t18-/m0/s1. The van der Waals surface area contributed by atoms with Crippen molar-refractivity contribution in [3.05, 3.63) is 48.0 Å². The van der Waals surface area contributed by atoms with Gasteiger partial charge in [-0.25, -0.2) is 4.79 Å². The molecular weight excluding hydrogens is 276 g/mol. The third kappa shape index (κ3) is 2.25. The van der Waals surface area contributed by atoms with E-state index < -0.39 is 5.54 Å². The summed E-state index contributed by atoms with van der Waals surface area (Å²) in [6.45, 7) is 6.20. The van der Waals surface area contributed by atoms with E-state index in [4.69, 9.17) is 0 Å². The lowest BCUT2D eigenvalue weighted by Crippen LogP contribution is -2.41. The highest BCUT2D eigenvalue weighted by molar-refractivity contribution is 6.07. The van der Waals surface area contributed by atoms with Gasteiger partial charge in [0.05, 0.1) is 0 Å². The van der Waals surface area contributed by atoms with Gasteiger partial charge in [-0.15, -0.1) is 0 Å². The van der Waals surface area contributed by atoms with Crippen molar-refractivity contribution in [1.29, 1.82) is 0 Å². The molecule has 114 valence electrons. The van der Waals surface area contributed by atoms with Crippen LogP contribution in [0.15, 0.2) is 42.5 Å². The van der Waals surface area contributed by atoms with Gasteiger partial charge in [0.15, 0.2) is 0 Å². The van der Waals surface area contributed by atoms with Crippen LogP contribution in [0.1, 0.15) is 26.3 Å². The highest BCUT2D eigenvalue weighted by Crippen LogP contribution is 2.31. The van der Waals surface area contributed by atoms with E-state index in [2.05, 4.69) is 5.32 Å². The summed E-state index contributed by atoms with van der Waals surface area (Å²) < 4.78 is 0. The van der Waals surface area contributed by atoms with Gasteiger partial charge in [-0.05, 0) is 35.2 Å². The molecule has 1 aliphatic heterocycles. The van der Waals surface area contributed by atoms with Gasteiger partial charge in [0.1, 0.15) is 5.54 Å². The monoisotopic (exact) mass is 296 g/mol. The van der Waals surface area contributed by atoms with Gasteiger partial charge < -0.3 is 5.32 Å². The number of hydrogen-bond acceptors (Lipinski definition) is 2. The molecule has 0 spiro atoms. The van der Waals surface area contributed by atoms with E-state index in [-0.39, 0.29) is 17.9 Å². The smallest absolute Gasteiger partial charge is 0.319 e. The van der Waals surface area contributed by atoms with Crippen LogP contribution in [0, 0.1) is 5.92 Å². The molecule has 0 unspecified atom stereocenters. The SMILES string of the molecule is CC(C)CN1C(=O)N[C@@](C)(c2ccc3ccccc3c2)C1=O. The first-order chi connectivity index (χ1) is 10.4. The van der Waals surface area contributed by atoms with Crippen molar-refractivity contribution < 1.29 is 9.59 Å². The van der Waals surface area contributed by atoms with E-state index in [0.29, 0.717) is 6.54 Å². The summed E-state index contributed by atoms with van der Waals surface area (Å²) >= 11 is 0. The first kappa shape index (κ1) is 14.6. The van der Waals surface area contributed by atoms with Crippen molar-refractivity contribution in [3.63, 3.8) is 0 Å². The summed E-state index contributed by atoms with van der Waals surface area (Å²) in [6.07, 6.45) is 0. The van der Waals surface area contributed by atoms with E-state index in [9.17, 15) is 9.59 Å². The third-order valence-electron chi connectivity index (χ3n) is 4.15. The Morgan fingerprint density at radius 2 is 1.77 bits per heavy atom. The lowest BCUT2D eigenvalue weighted by atomic mass is 9.90. The number of carbonyl (C=O) groups excluding carboxylic acids is 2. The zero-order chi connectivity index (χ0) is 15.9. The molecule has 3 rings (SSSR count). The maximum atomic E-state index is 12.8. The topological polar surface area (TPSA) is 49.4 Å². The van der Waals surface area contributed by atoms with Gasteiger partial charge in [0.2, 0.25) is 0 Å². The van der Waals surface area contributed by atoms with Crippen LogP contribution in [-0.2, 0) is 10.3 Å². The molecule has 3 amide bonds. The molecule has 1 fully saturated rings. The number of benzene rings is 2. The van der Waals surface area contributed by atoms with Crippen molar-refractivity contribution in [1.82, 2.24) is 10.2 Å². The molecule has 4 nitrogen and oxygen atoms in total. The zero-order valence-electron chi connectivity index (χ0n) is 13.1. The van der Waals surface area contributed by atoms with Crippen LogP contribution in [-0.4, -0.2) is 23.4 Å². The number of fused-ring (bicyclic) bond motifs is 1. The summed E-state index contributed by atoms with van der Waals surface area (Å²) in [7, 11) is 0. The number of rotatable bonds is 3. The van der Waals surface area contributed by atoms with E-state index in [0.717, 1.165) is 16.3 Å². The van der Waals surface area contributed by atoms with Crippen LogP contribution in [0.25, 0.3) is 10.8 Å². The van der Waals surface area contributed by atoms with Crippen molar-refractivity contribution in [2.75, 3.05) is 6.54 Å². The molecule has 1 atom stereocenters. The highest BCUT2D eigenvalue weighted by atomic mass is 16.2. The fraction of sp³-hybridized carbons (Fsp3) is 0.333. The lowest BCUT2D eigenvalue weighted by molar-refractivity contribution is -0.131. The van der Waals surface area contributed by atoms with Gasteiger partial charge >= 0.3 is 6.03 Å². The number of nitrogens with one attached hydrogen (secondary N) is 1. The molecule has 0 saturated carbocycles. The van der Waals surface area contributed by atoms with E-state index in [1.807, 2.05) is 56.3 Å². The molecule has 4 heteroatoms. The Morgan fingerprint density at radius 1 is 1.09 bits per heavy atom. The molecule has 0 aromatic heterocycles. The fourth-order valence-corrected chi connectivity index (χ4v) is 2.92. The van der Waals surface area contributed by atoms with Crippen molar-refractivity contribution in [2.45, 2.75) is 26.3 Å². The Hall–Kier alpha value is -2.36. The maximum absolute atomic E-state index is 12.8. The predicted molar refractivity (Wildman–Crippen MR) is 86.4 cm³/mol. The van der Waals surface area contributed by atoms with Crippen molar-refractivity contribution in [2.24, 2.45) is 5.92 Å². The maximum Gasteiger partial charge on any atom is 0.325 e. The Morgan fingerprint density at radius 3 is 2.45 bits per heavy atom. The molecule has 2 aromatic carbocycles. The number of urea groups is 1. The van der Waals surface area contributed by atoms with Crippen molar-refractivity contribution >= 4 is 22.7 Å². The van der Waals surface area contributed by atoms with Crippen LogP contribution >= 0.6 is 0 Å². The van der Waals surface area contributed by atoms with E-state index >= 15 is 0 Å². The molecular formula is C18H20N2O2. The Labute approximate surface area is 130 Å². The molecule has 1 saturated heterocycles. The van der Waals surface area contributed by atoms with Gasteiger partial charge in [-0.1, -0.05) is 50.2 Å². The second-order valence-electron chi connectivity index (χ2n) is 6.43. The third-order valence-corrected chi connectivity index (χ3v) is 4.15. The van der Waals surface area contributed by atoms with Gasteiger partial charge in [-0.3, -0.25) is 9.69 Å². The number of carbonyl (C=O) groups is 2. The first-order valence-electron chi connectivity index (χ1n) is 7.55. The molecule has 0 radical (unpaired) electrons. The molecule has 22 heavy (non-hydrogen) atoms. The first-order valence-corrected chi connectivity index (χ1v) is 7.55. The van der Waals surface area contributed by atoms with E-state index in [1.165, 1.54) is 4.90 Å². The van der Waals surface area contributed by atoms with E-state index in [1.54, 1.807) is 6.92 Å². The summed E-state index contributed by atoms with van der Waals surface area (Å²) in [4.78, 5) is 26.2. The Kier molecular flexibility index (Phi) is 3.39. The number of amides is 3. The Balaban J connectivity index is 2.01. The number of hydrogen-bond donors (Lipinski definition) is 1. The lowest BCUT2D eigenvalue weighted by Gasteiger charge is -2.23. The minimum atomic E-state index is -0.990. The molecule has 0 bridgehead atoms. The van der Waals surface area contributed by atoms with Gasteiger partial charge in [-0.2, -0.15) is 0 Å². The highest BCUT2D eigenvalue weighted by Gasteiger charge is 2.48. The second-order valence-corrected chi connectivity index (χ2v) is 6.43. The van der Waals surface area contributed by atoms with Crippen LogP contribution in [0.3, 0.4) is 0 Å². The molecule has 2 aromatic rings.